The molecule has 2 amide bonds. The number of hydrogen-bond acceptors (Lipinski definition) is 5. The Labute approximate surface area is 197 Å². The molecule has 1 atom stereocenters. The molecule has 0 fully saturated rings. The highest BCUT2D eigenvalue weighted by Gasteiger charge is 2.29. The number of non-ortho nitro benzene ring substituents is 1. The summed E-state index contributed by atoms with van der Waals surface area (Å²) in [6.45, 7) is 3.68. The Morgan fingerprint density at radius 3 is 1.85 bits per heavy atom. The number of hydrogen-bond donors (Lipinski definition) is 2. The van der Waals surface area contributed by atoms with Gasteiger partial charge in [0.05, 0.1) is 17.1 Å². The number of hydrazone groups is 1. The molecule has 0 aliphatic heterocycles. The van der Waals surface area contributed by atoms with Crippen molar-refractivity contribution in [2.45, 2.75) is 25.8 Å². The minimum Gasteiger partial charge on any atom is -0.343 e. The van der Waals surface area contributed by atoms with Gasteiger partial charge in [-0.2, -0.15) is 5.10 Å². The average molecular weight is 459 g/mol. The molecule has 8 heteroatoms. The highest BCUT2D eigenvalue weighted by Crippen LogP contribution is 2.25. The van der Waals surface area contributed by atoms with Crippen LogP contribution in [0.25, 0.3) is 0 Å². The highest BCUT2D eigenvalue weighted by atomic mass is 16.6. The van der Waals surface area contributed by atoms with E-state index in [-0.39, 0.29) is 17.5 Å². The van der Waals surface area contributed by atoms with Crippen LogP contribution >= 0.6 is 0 Å². The van der Waals surface area contributed by atoms with Crippen molar-refractivity contribution in [2.75, 3.05) is 0 Å². The second-order valence-corrected chi connectivity index (χ2v) is 8.07. The topological polar surface area (TPSA) is 114 Å². The molecular weight excluding hydrogens is 432 g/mol. The van der Waals surface area contributed by atoms with Crippen molar-refractivity contribution in [1.82, 2.24) is 10.7 Å². The zero-order valence-electron chi connectivity index (χ0n) is 18.9. The van der Waals surface area contributed by atoms with E-state index in [1.54, 1.807) is 0 Å². The van der Waals surface area contributed by atoms with Crippen LogP contribution in [0.2, 0.25) is 0 Å². The van der Waals surface area contributed by atoms with Crippen molar-refractivity contribution in [3.05, 3.63) is 112 Å². The molecule has 0 saturated heterocycles. The number of nitro groups is 1. The summed E-state index contributed by atoms with van der Waals surface area (Å²) in [4.78, 5) is 36.4. The van der Waals surface area contributed by atoms with Gasteiger partial charge in [-0.25, -0.2) is 5.43 Å². The van der Waals surface area contributed by atoms with Crippen LogP contribution < -0.4 is 10.7 Å². The molecule has 0 aliphatic carbocycles. The number of amides is 2. The van der Waals surface area contributed by atoms with Gasteiger partial charge in [0, 0.05) is 12.1 Å². The highest BCUT2D eigenvalue weighted by molar-refractivity contribution is 5.93. The number of nitrogens with zero attached hydrogens (tertiary/aromatic N) is 2. The van der Waals surface area contributed by atoms with E-state index >= 15 is 0 Å². The van der Waals surface area contributed by atoms with Gasteiger partial charge in [0.1, 0.15) is 6.04 Å². The van der Waals surface area contributed by atoms with E-state index in [2.05, 4.69) is 15.8 Å². The minimum absolute atomic E-state index is 0.0323. The Bertz CT molecular complexity index is 1110. The summed E-state index contributed by atoms with van der Waals surface area (Å²) >= 11 is 0. The SMILES string of the molecule is CC(C)[C@H](NC(=O)C(c1ccccc1)c1ccccc1)C(=O)N/N=C\c1ccc([N+](=O)[O-])cc1. The van der Waals surface area contributed by atoms with Crippen LogP contribution in [0.1, 0.15) is 36.5 Å². The lowest BCUT2D eigenvalue weighted by atomic mass is 9.89. The van der Waals surface area contributed by atoms with Crippen LogP contribution in [0.3, 0.4) is 0 Å². The first-order valence-electron chi connectivity index (χ1n) is 10.8. The zero-order chi connectivity index (χ0) is 24.5. The molecule has 3 aromatic carbocycles. The molecule has 0 saturated carbocycles. The molecule has 0 aliphatic rings. The van der Waals surface area contributed by atoms with Gasteiger partial charge in [0.2, 0.25) is 5.91 Å². The quantitative estimate of drug-likeness (QED) is 0.286. The number of nitrogens with one attached hydrogen (secondary N) is 2. The first kappa shape index (κ1) is 24.3. The number of nitro benzene ring substituents is 1. The van der Waals surface area contributed by atoms with E-state index in [9.17, 15) is 19.7 Å². The molecule has 0 spiro atoms. The Balaban J connectivity index is 1.72. The molecule has 3 aromatic rings. The molecule has 34 heavy (non-hydrogen) atoms. The first-order valence-corrected chi connectivity index (χ1v) is 10.8. The first-order chi connectivity index (χ1) is 16.4. The van der Waals surface area contributed by atoms with Crippen LogP contribution in [0.5, 0.6) is 0 Å². The van der Waals surface area contributed by atoms with Crippen LogP contribution in [-0.4, -0.2) is 29.0 Å². The fourth-order valence-electron chi connectivity index (χ4n) is 3.48. The standard InChI is InChI=1S/C26H26N4O4/c1-18(2)24(26(32)29-27-17-19-13-15-22(16-14-19)30(33)34)28-25(31)23(20-9-5-3-6-10-20)21-11-7-4-8-12-21/h3-18,23-24H,1-2H3,(H,28,31)(H,29,32)/b27-17-/t24-/m0/s1. The predicted molar refractivity (Wildman–Crippen MR) is 130 cm³/mol. The molecule has 0 heterocycles. The number of carbonyl (C=O) groups is 2. The maximum Gasteiger partial charge on any atom is 0.269 e. The second-order valence-electron chi connectivity index (χ2n) is 8.07. The van der Waals surface area contributed by atoms with Gasteiger partial charge in [-0.05, 0) is 34.7 Å². The summed E-state index contributed by atoms with van der Waals surface area (Å²) in [6.07, 6.45) is 1.39. The van der Waals surface area contributed by atoms with Crippen molar-refractivity contribution in [2.24, 2.45) is 11.0 Å². The van der Waals surface area contributed by atoms with Crippen molar-refractivity contribution in [3.63, 3.8) is 0 Å². The maximum atomic E-state index is 13.4. The van der Waals surface area contributed by atoms with E-state index in [0.717, 1.165) is 11.1 Å². The molecule has 3 rings (SSSR count). The fourth-order valence-corrected chi connectivity index (χ4v) is 3.48. The van der Waals surface area contributed by atoms with Gasteiger partial charge < -0.3 is 5.32 Å². The van der Waals surface area contributed by atoms with Gasteiger partial charge in [-0.1, -0.05) is 74.5 Å². The molecule has 0 bridgehead atoms. The molecule has 0 unspecified atom stereocenters. The summed E-state index contributed by atoms with van der Waals surface area (Å²) in [5, 5.41) is 17.6. The molecule has 174 valence electrons. The van der Waals surface area contributed by atoms with Gasteiger partial charge in [-0.3, -0.25) is 19.7 Å². The van der Waals surface area contributed by atoms with Crippen LogP contribution in [0.4, 0.5) is 5.69 Å². The zero-order valence-corrected chi connectivity index (χ0v) is 18.9. The van der Waals surface area contributed by atoms with Crippen LogP contribution in [0.15, 0.2) is 90.0 Å². The maximum absolute atomic E-state index is 13.4. The molecular formula is C26H26N4O4. The monoisotopic (exact) mass is 458 g/mol. The minimum atomic E-state index is -0.809. The summed E-state index contributed by atoms with van der Waals surface area (Å²) < 4.78 is 0. The van der Waals surface area contributed by atoms with Crippen molar-refractivity contribution in [1.29, 1.82) is 0 Å². The number of carbonyl (C=O) groups excluding carboxylic acids is 2. The lowest BCUT2D eigenvalue weighted by Crippen LogP contribution is -2.50. The van der Waals surface area contributed by atoms with E-state index < -0.39 is 22.8 Å². The lowest BCUT2D eigenvalue weighted by Gasteiger charge is -2.24. The fraction of sp³-hybridized carbons (Fsp3) is 0.192. The van der Waals surface area contributed by atoms with Gasteiger partial charge in [-0.15, -0.1) is 0 Å². The summed E-state index contributed by atoms with van der Waals surface area (Å²) in [5.74, 6) is -1.50. The third kappa shape index (κ3) is 6.35. The normalized spacial score (nSPS) is 12.0. The van der Waals surface area contributed by atoms with E-state index in [1.165, 1.54) is 30.5 Å². The Hall–Kier alpha value is -4.33. The Kier molecular flexibility index (Phi) is 8.23. The van der Waals surface area contributed by atoms with Gasteiger partial charge in [0.25, 0.3) is 11.6 Å². The van der Waals surface area contributed by atoms with Gasteiger partial charge >= 0.3 is 0 Å². The van der Waals surface area contributed by atoms with E-state index in [0.29, 0.717) is 5.56 Å². The third-order valence-corrected chi connectivity index (χ3v) is 5.27. The molecule has 0 radical (unpaired) electrons. The summed E-state index contributed by atoms with van der Waals surface area (Å²) in [7, 11) is 0. The van der Waals surface area contributed by atoms with E-state index in [4.69, 9.17) is 0 Å². The number of benzene rings is 3. The predicted octanol–water partition coefficient (Wildman–Crippen LogP) is 4.02. The van der Waals surface area contributed by atoms with Crippen LogP contribution in [0, 0.1) is 16.0 Å². The Morgan fingerprint density at radius 1 is 0.853 bits per heavy atom. The third-order valence-electron chi connectivity index (χ3n) is 5.27. The second kappa shape index (κ2) is 11.5. The van der Waals surface area contributed by atoms with Crippen molar-refractivity contribution < 1.29 is 14.5 Å². The van der Waals surface area contributed by atoms with Crippen molar-refractivity contribution in [3.8, 4) is 0 Å². The average Bonchev–Trinajstić information content (AvgIpc) is 2.84. The molecule has 0 aromatic heterocycles. The molecule has 2 N–H and O–H groups in total. The lowest BCUT2D eigenvalue weighted by molar-refractivity contribution is -0.384. The number of rotatable bonds is 9. The van der Waals surface area contributed by atoms with Gasteiger partial charge in [0.15, 0.2) is 0 Å². The Morgan fingerprint density at radius 2 is 1.38 bits per heavy atom. The summed E-state index contributed by atoms with van der Waals surface area (Å²) in [6, 6.07) is 23.8. The largest absolute Gasteiger partial charge is 0.343 e. The smallest absolute Gasteiger partial charge is 0.269 e. The van der Waals surface area contributed by atoms with Crippen molar-refractivity contribution >= 4 is 23.7 Å². The molecule has 8 nitrogen and oxygen atoms in total. The summed E-state index contributed by atoms with van der Waals surface area (Å²) in [5.41, 5.74) is 4.66. The van der Waals surface area contributed by atoms with Crippen LogP contribution in [-0.2, 0) is 9.59 Å². The van der Waals surface area contributed by atoms with E-state index in [1.807, 2.05) is 74.5 Å².